The van der Waals surface area contributed by atoms with Crippen molar-refractivity contribution >= 4 is 51.4 Å². The molecule has 2 fully saturated rings. The van der Waals surface area contributed by atoms with Crippen molar-refractivity contribution in [2.24, 2.45) is 0 Å². The summed E-state index contributed by atoms with van der Waals surface area (Å²) in [5, 5.41) is 12.0. The summed E-state index contributed by atoms with van der Waals surface area (Å²) in [5.74, 6) is -1.77. The highest BCUT2D eigenvalue weighted by Crippen LogP contribution is 2.38. The van der Waals surface area contributed by atoms with E-state index in [1.54, 1.807) is 6.07 Å². The van der Waals surface area contributed by atoms with Gasteiger partial charge in [0.25, 0.3) is 0 Å². The predicted octanol–water partition coefficient (Wildman–Crippen LogP) is 5.08. The maximum absolute atomic E-state index is 15.2. The van der Waals surface area contributed by atoms with Crippen molar-refractivity contribution in [1.82, 2.24) is 4.57 Å². The number of carboxylic acid groups (broad SMARTS) is 1. The number of hydrogen-bond donors (Lipinski definition) is 1. The van der Waals surface area contributed by atoms with Gasteiger partial charge in [-0.05, 0) is 36.4 Å². The van der Waals surface area contributed by atoms with Crippen molar-refractivity contribution in [3.05, 3.63) is 82.4 Å². The number of nitrogens with zero attached hydrogens (tertiary/aromatic N) is 3. The Morgan fingerprint density at radius 3 is 2.23 bits per heavy atom. The van der Waals surface area contributed by atoms with E-state index >= 15 is 4.39 Å². The first-order valence-corrected chi connectivity index (χ1v) is 11.6. The van der Waals surface area contributed by atoms with Gasteiger partial charge in [-0.15, -0.1) is 12.4 Å². The molecule has 4 aromatic rings. The molecule has 1 aromatic heterocycles. The fraction of sp³-hybridized carbons (Fsp3) is 0.259. The molecule has 1 aliphatic carbocycles. The minimum atomic E-state index is -1.28. The Morgan fingerprint density at radius 2 is 1.54 bits per heavy atom. The SMILES string of the molecule is Cl.O=C(O)c1cn(C2CC2)c2cc(N3CCN(c4cccc5ccccc45)CC3)c(F)cc2c1=O. The van der Waals surface area contributed by atoms with E-state index in [9.17, 15) is 14.7 Å². The lowest BCUT2D eigenvalue weighted by Gasteiger charge is -2.38. The molecule has 35 heavy (non-hydrogen) atoms. The molecule has 0 bridgehead atoms. The second kappa shape index (κ2) is 8.89. The minimum absolute atomic E-state index is 0. The Bertz CT molecular complexity index is 1500. The van der Waals surface area contributed by atoms with Gasteiger partial charge in [-0.3, -0.25) is 4.79 Å². The van der Waals surface area contributed by atoms with Crippen LogP contribution in [0.25, 0.3) is 21.7 Å². The first kappa shape index (κ1) is 23.2. The summed E-state index contributed by atoms with van der Waals surface area (Å²) in [5.41, 5.74) is 1.30. The number of hydrogen-bond acceptors (Lipinski definition) is 4. The minimum Gasteiger partial charge on any atom is -0.477 e. The quantitative estimate of drug-likeness (QED) is 0.429. The van der Waals surface area contributed by atoms with Crippen LogP contribution in [0.5, 0.6) is 0 Å². The molecular weight excluding hydrogens is 469 g/mol. The molecule has 1 saturated heterocycles. The van der Waals surface area contributed by atoms with Crippen molar-refractivity contribution in [2.45, 2.75) is 18.9 Å². The molecule has 3 aromatic carbocycles. The molecule has 6 nitrogen and oxygen atoms in total. The Morgan fingerprint density at radius 1 is 0.886 bits per heavy atom. The Labute approximate surface area is 207 Å². The van der Waals surface area contributed by atoms with E-state index in [1.165, 1.54) is 28.7 Å². The van der Waals surface area contributed by atoms with E-state index < -0.39 is 17.2 Å². The van der Waals surface area contributed by atoms with Gasteiger partial charge in [0.2, 0.25) is 5.43 Å². The zero-order valence-electron chi connectivity index (χ0n) is 19.0. The molecule has 1 N–H and O–H groups in total. The van der Waals surface area contributed by atoms with Crippen LogP contribution in [0.15, 0.2) is 65.6 Å². The van der Waals surface area contributed by atoms with Crippen LogP contribution in [0.4, 0.5) is 15.8 Å². The molecule has 6 rings (SSSR count). The third-order valence-corrected chi connectivity index (χ3v) is 7.00. The van der Waals surface area contributed by atoms with Crippen LogP contribution in [0.2, 0.25) is 0 Å². The van der Waals surface area contributed by atoms with Gasteiger partial charge in [-0.1, -0.05) is 36.4 Å². The molecule has 1 saturated carbocycles. The van der Waals surface area contributed by atoms with Crippen molar-refractivity contribution in [1.29, 1.82) is 0 Å². The zero-order valence-corrected chi connectivity index (χ0v) is 19.8. The van der Waals surface area contributed by atoms with Crippen LogP contribution in [0.1, 0.15) is 29.2 Å². The molecule has 0 spiro atoms. The molecule has 0 atom stereocenters. The molecule has 1 aliphatic heterocycles. The van der Waals surface area contributed by atoms with Gasteiger partial charge in [0.05, 0.1) is 11.2 Å². The summed E-state index contributed by atoms with van der Waals surface area (Å²) in [4.78, 5) is 28.6. The fourth-order valence-electron chi connectivity index (χ4n) is 5.08. The van der Waals surface area contributed by atoms with Crippen LogP contribution in [0, 0.1) is 5.82 Å². The summed E-state index contributed by atoms with van der Waals surface area (Å²) in [6.45, 7) is 2.79. The molecule has 180 valence electrons. The summed E-state index contributed by atoms with van der Waals surface area (Å²) in [6, 6.07) is 17.7. The molecule has 2 heterocycles. The van der Waals surface area contributed by atoms with E-state index in [2.05, 4.69) is 35.2 Å². The van der Waals surface area contributed by atoms with Crippen molar-refractivity contribution in [3.8, 4) is 0 Å². The second-order valence-electron chi connectivity index (χ2n) is 9.11. The van der Waals surface area contributed by atoms with Crippen molar-refractivity contribution in [2.75, 3.05) is 36.0 Å². The number of aromatic nitrogens is 1. The number of aromatic carboxylic acids is 1. The lowest BCUT2D eigenvalue weighted by molar-refractivity contribution is 0.0695. The van der Waals surface area contributed by atoms with Gasteiger partial charge in [-0.25, -0.2) is 9.18 Å². The summed E-state index contributed by atoms with van der Waals surface area (Å²) in [6.07, 6.45) is 3.27. The molecule has 8 heteroatoms. The van der Waals surface area contributed by atoms with E-state index in [4.69, 9.17) is 0 Å². The summed E-state index contributed by atoms with van der Waals surface area (Å²) in [7, 11) is 0. The topological polar surface area (TPSA) is 65.8 Å². The monoisotopic (exact) mass is 493 g/mol. The lowest BCUT2D eigenvalue weighted by Crippen LogP contribution is -2.47. The molecule has 2 aliphatic rings. The zero-order chi connectivity index (χ0) is 23.4. The smallest absolute Gasteiger partial charge is 0.341 e. The van der Waals surface area contributed by atoms with E-state index in [0.717, 1.165) is 25.9 Å². The molecule has 0 radical (unpaired) electrons. The van der Waals surface area contributed by atoms with Crippen LogP contribution >= 0.6 is 12.4 Å². The number of rotatable bonds is 4. The van der Waals surface area contributed by atoms with E-state index in [-0.39, 0.29) is 29.4 Å². The number of fused-ring (bicyclic) bond motifs is 2. The number of pyridine rings is 1. The average molecular weight is 494 g/mol. The van der Waals surface area contributed by atoms with Gasteiger partial charge in [0, 0.05) is 54.9 Å². The maximum atomic E-state index is 15.2. The fourth-order valence-corrected chi connectivity index (χ4v) is 5.08. The number of piperazine rings is 1. The van der Waals surface area contributed by atoms with Gasteiger partial charge in [0.1, 0.15) is 11.4 Å². The maximum Gasteiger partial charge on any atom is 0.341 e. The number of halogens is 2. The third kappa shape index (κ3) is 4.00. The summed E-state index contributed by atoms with van der Waals surface area (Å²) < 4.78 is 17.1. The Kier molecular flexibility index (Phi) is 5.89. The van der Waals surface area contributed by atoms with Crippen LogP contribution in [-0.4, -0.2) is 41.8 Å². The number of carboxylic acids is 1. The molecule has 0 unspecified atom stereocenters. The first-order chi connectivity index (χ1) is 16.5. The number of carbonyl (C=O) groups is 1. The molecule has 0 amide bonds. The third-order valence-electron chi connectivity index (χ3n) is 7.00. The second-order valence-corrected chi connectivity index (χ2v) is 9.11. The highest BCUT2D eigenvalue weighted by Gasteiger charge is 2.28. The lowest BCUT2D eigenvalue weighted by atomic mass is 10.1. The van der Waals surface area contributed by atoms with Gasteiger partial charge < -0.3 is 19.5 Å². The van der Waals surface area contributed by atoms with Gasteiger partial charge >= 0.3 is 5.97 Å². The standard InChI is InChI=1S/C27H24FN3O3.ClH/c28-22-14-20-24(31(18-8-9-18)16-21(26(20)32)27(33)34)15-25(22)30-12-10-29(11-13-30)23-7-3-5-17-4-1-2-6-19(17)23;/h1-7,14-16,18H,8-13H2,(H,33,34);1H. The molecular formula is C27H25ClFN3O3. The first-order valence-electron chi connectivity index (χ1n) is 11.6. The normalized spacial score (nSPS) is 15.9. The predicted molar refractivity (Wildman–Crippen MR) is 139 cm³/mol. The highest BCUT2D eigenvalue weighted by atomic mass is 35.5. The number of anilines is 2. The van der Waals surface area contributed by atoms with E-state index in [1.807, 2.05) is 21.6 Å². The van der Waals surface area contributed by atoms with Crippen molar-refractivity contribution < 1.29 is 14.3 Å². The van der Waals surface area contributed by atoms with Crippen LogP contribution in [-0.2, 0) is 0 Å². The highest BCUT2D eigenvalue weighted by molar-refractivity contribution is 5.95. The van der Waals surface area contributed by atoms with Crippen molar-refractivity contribution in [3.63, 3.8) is 0 Å². The average Bonchev–Trinajstić information content (AvgIpc) is 3.69. The number of benzene rings is 3. The Hall–Kier alpha value is -3.58. The van der Waals surface area contributed by atoms with Gasteiger partial charge in [0.15, 0.2) is 0 Å². The van der Waals surface area contributed by atoms with Crippen LogP contribution < -0.4 is 15.2 Å². The van der Waals surface area contributed by atoms with Gasteiger partial charge in [-0.2, -0.15) is 0 Å². The largest absolute Gasteiger partial charge is 0.477 e. The summed E-state index contributed by atoms with van der Waals surface area (Å²) >= 11 is 0. The van der Waals surface area contributed by atoms with E-state index in [0.29, 0.717) is 24.3 Å². The Balaban J connectivity index is 0.00000253. The van der Waals surface area contributed by atoms with Crippen LogP contribution in [0.3, 0.4) is 0 Å².